The van der Waals surface area contributed by atoms with Gasteiger partial charge in [0.2, 0.25) is 0 Å². The zero-order chi connectivity index (χ0) is 11.8. The van der Waals surface area contributed by atoms with Gasteiger partial charge in [-0.05, 0) is 12.1 Å². The van der Waals surface area contributed by atoms with Crippen molar-refractivity contribution in [3.63, 3.8) is 0 Å². The normalized spacial score (nSPS) is 12.2. The third kappa shape index (κ3) is 2.13. The lowest BCUT2D eigenvalue weighted by Crippen LogP contribution is -2.12. The molecule has 0 aliphatic carbocycles. The first-order valence-corrected chi connectivity index (χ1v) is 4.87. The fourth-order valence-corrected chi connectivity index (χ4v) is 1.72. The number of alkyl halides is 3. The predicted molar refractivity (Wildman–Crippen MR) is 57.0 cm³/mol. The average Bonchev–Trinajstić information content (AvgIpc) is 2.58. The van der Waals surface area contributed by atoms with E-state index in [1.807, 2.05) is 6.07 Å². The highest BCUT2D eigenvalue weighted by Crippen LogP contribution is 2.25. The van der Waals surface area contributed by atoms with Crippen LogP contribution >= 0.6 is 0 Å². The van der Waals surface area contributed by atoms with E-state index in [2.05, 4.69) is 0 Å². The number of halogens is 3. The van der Waals surface area contributed by atoms with Gasteiger partial charge in [-0.1, -0.05) is 12.1 Å². The zero-order valence-electron chi connectivity index (χ0n) is 8.46. The van der Waals surface area contributed by atoms with Gasteiger partial charge in [0.15, 0.2) is 0 Å². The molecule has 0 aliphatic rings. The van der Waals surface area contributed by atoms with E-state index >= 15 is 0 Å². The van der Waals surface area contributed by atoms with Crippen LogP contribution in [0.1, 0.15) is 6.42 Å². The molecule has 0 aliphatic heterocycles. The van der Waals surface area contributed by atoms with Gasteiger partial charge in [-0.3, -0.25) is 0 Å². The number of anilines is 1. The summed E-state index contributed by atoms with van der Waals surface area (Å²) in [4.78, 5) is 0. The van der Waals surface area contributed by atoms with Crippen molar-refractivity contribution < 1.29 is 13.2 Å². The van der Waals surface area contributed by atoms with Gasteiger partial charge in [0.05, 0.1) is 17.6 Å². The highest BCUT2D eigenvalue weighted by atomic mass is 19.4. The van der Waals surface area contributed by atoms with Crippen molar-refractivity contribution in [2.24, 2.45) is 0 Å². The highest BCUT2D eigenvalue weighted by molar-refractivity contribution is 5.90. The van der Waals surface area contributed by atoms with Crippen molar-refractivity contribution in [1.82, 2.24) is 4.57 Å². The Bertz CT molecular complexity index is 499. The van der Waals surface area contributed by atoms with E-state index in [1.54, 1.807) is 24.4 Å². The van der Waals surface area contributed by atoms with Crippen LogP contribution in [0.5, 0.6) is 0 Å². The van der Waals surface area contributed by atoms with E-state index in [9.17, 15) is 13.2 Å². The Morgan fingerprint density at radius 1 is 1.19 bits per heavy atom. The number of para-hydroxylation sites is 1. The molecular weight excluding hydrogens is 217 g/mol. The molecule has 2 N–H and O–H groups in total. The Hall–Kier alpha value is -1.65. The summed E-state index contributed by atoms with van der Waals surface area (Å²) in [7, 11) is 0. The van der Waals surface area contributed by atoms with Crippen molar-refractivity contribution in [3.05, 3.63) is 30.5 Å². The number of hydrogen-bond donors (Lipinski definition) is 1. The van der Waals surface area contributed by atoms with Crippen LogP contribution in [0.2, 0.25) is 0 Å². The molecule has 0 saturated carbocycles. The highest BCUT2D eigenvalue weighted by Gasteiger charge is 2.26. The summed E-state index contributed by atoms with van der Waals surface area (Å²) >= 11 is 0. The molecule has 1 heterocycles. The lowest BCUT2D eigenvalue weighted by molar-refractivity contribution is -0.136. The van der Waals surface area contributed by atoms with Crippen molar-refractivity contribution in [2.45, 2.75) is 19.1 Å². The quantitative estimate of drug-likeness (QED) is 0.786. The third-order valence-electron chi connectivity index (χ3n) is 2.46. The number of nitrogens with two attached hydrogens (primary N) is 1. The topological polar surface area (TPSA) is 30.9 Å². The summed E-state index contributed by atoms with van der Waals surface area (Å²) in [6, 6.07) is 7.07. The Morgan fingerprint density at radius 2 is 1.94 bits per heavy atom. The summed E-state index contributed by atoms with van der Waals surface area (Å²) in [6.07, 6.45) is -3.35. The van der Waals surface area contributed by atoms with Crippen LogP contribution in [0.15, 0.2) is 30.5 Å². The first-order valence-electron chi connectivity index (χ1n) is 4.87. The molecule has 2 nitrogen and oxygen atoms in total. The SMILES string of the molecule is Nc1cccc2ccn(CCC(F)(F)F)c12. The standard InChI is InChI=1S/C11H11F3N2/c12-11(13,14)5-7-16-6-4-8-2-1-3-9(15)10(8)16/h1-4,6H,5,7,15H2. The molecule has 0 bridgehead atoms. The fourth-order valence-electron chi connectivity index (χ4n) is 1.72. The van der Waals surface area contributed by atoms with Crippen molar-refractivity contribution >= 4 is 16.6 Å². The molecule has 0 unspecified atom stereocenters. The summed E-state index contributed by atoms with van der Waals surface area (Å²) in [5.41, 5.74) is 6.92. The lowest BCUT2D eigenvalue weighted by atomic mass is 10.2. The van der Waals surface area contributed by atoms with Crippen molar-refractivity contribution in [3.8, 4) is 0 Å². The monoisotopic (exact) mass is 228 g/mol. The first kappa shape index (κ1) is 10.9. The van der Waals surface area contributed by atoms with Gasteiger partial charge in [-0.2, -0.15) is 13.2 Å². The maximum atomic E-state index is 12.1. The van der Waals surface area contributed by atoms with Gasteiger partial charge in [0.25, 0.3) is 0 Å². The number of fused-ring (bicyclic) bond motifs is 1. The molecule has 0 amide bonds. The first-order chi connectivity index (χ1) is 7.47. The number of hydrogen-bond acceptors (Lipinski definition) is 1. The van der Waals surface area contributed by atoms with Gasteiger partial charge >= 0.3 is 6.18 Å². The second-order valence-corrected chi connectivity index (χ2v) is 3.66. The maximum Gasteiger partial charge on any atom is 0.390 e. The Labute approximate surface area is 90.5 Å². The fraction of sp³-hybridized carbons (Fsp3) is 0.273. The second-order valence-electron chi connectivity index (χ2n) is 3.66. The number of aryl methyl sites for hydroxylation is 1. The predicted octanol–water partition coefficient (Wildman–Crippen LogP) is 3.18. The van der Waals surface area contributed by atoms with Crippen LogP contribution in [0.25, 0.3) is 10.9 Å². The molecule has 2 rings (SSSR count). The summed E-state index contributed by atoms with van der Waals surface area (Å²) < 4.78 is 37.9. The number of nitrogen functional groups attached to an aromatic ring is 1. The van der Waals surface area contributed by atoms with Crippen LogP contribution < -0.4 is 5.73 Å². The van der Waals surface area contributed by atoms with E-state index in [-0.39, 0.29) is 6.54 Å². The zero-order valence-corrected chi connectivity index (χ0v) is 8.46. The average molecular weight is 228 g/mol. The van der Waals surface area contributed by atoms with Gasteiger partial charge in [-0.15, -0.1) is 0 Å². The van der Waals surface area contributed by atoms with Gasteiger partial charge in [0, 0.05) is 18.1 Å². The Morgan fingerprint density at radius 3 is 2.62 bits per heavy atom. The third-order valence-corrected chi connectivity index (χ3v) is 2.46. The molecule has 2 aromatic rings. The van der Waals surface area contributed by atoms with Gasteiger partial charge in [-0.25, -0.2) is 0 Å². The van der Waals surface area contributed by atoms with Crippen molar-refractivity contribution in [1.29, 1.82) is 0 Å². The molecule has 5 heteroatoms. The van der Waals surface area contributed by atoms with Crippen LogP contribution in [0, 0.1) is 0 Å². The minimum atomic E-state index is -4.14. The summed E-state index contributed by atoms with van der Waals surface area (Å²) in [6.45, 7) is -0.0960. The minimum Gasteiger partial charge on any atom is -0.397 e. The van der Waals surface area contributed by atoms with Crippen LogP contribution in [-0.2, 0) is 6.54 Å². The van der Waals surface area contributed by atoms with Crippen LogP contribution in [-0.4, -0.2) is 10.7 Å². The molecule has 86 valence electrons. The Kier molecular flexibility index (Phi) is 2.53. The summed E-state index contributed by atoms with van der Waals surface area (Å²) in [5.74, 6) is 0. The van der Waals surface area contributed by atoms with E-state index < -0.39 is 12.6 Å². The molecule has 0 atom stereocenters. The number of aromatic nitrogens is 1. The van der Waals surface area contributed by atoms with Crippen LogP contribution in [0.4, 0.5) is 18.9 Å². The smallest absolute Gasteiger partial charge is 0.390 e. The van der Waals surface area contributed by atoms with E-state index in [0.717, 1.165) is 5.39 Å². The molecule has 1 aromatic heterocycles. The molecule has 0 fully saturated rings. The maximum absolute atomic E-state index is 12.1. The largest absolute Gasteiger partial charge is 0.397 e. The van der Waals surface area contributed by atoms with Gasteiger partial charge in [0.1, 0.15) is 0 Å². The van der Waals surface area contributed by atoms with Crippen LogP contribution in [0.3, 0.4) is 0 Å². The molecule has 0 spiro atoms. The molecular formula is C11H11F3N2. The minimum absolute atomic E-state index is 0.0960. The summed E-state index contributed by atoms with van der Waals surface area (Å²) in [5, 5.41) is 0.863. The van der Waals surface area contributed by atoms with Crippen molar-refractivity contribution in [2.75, 3.05) is 5.73 Å². The number of rotatable bonds is 2. The number of nitrogens with zero attached hydrogens (tertiary/aromatic N) is 1. The second kappa shape index (κ2) is 3.73. The molecule has 16 heavy (non-hydrogen) atoms. The number of benzene rings is 1. The molecule has 0 radical (unpaired) electrons. The Balaban J connectivity index is 2.32. The molecule has 1 aromatic carbocycles. The van der Waals surface area contributed by atoms with Gasteiger partial charge < -0.3 is 10.3 Å². The van der Waals surface area contributed by atoms with E-state index in [0.29, 0.717) is 11.2 Å². The van der Waals surface area contributed by atoms with E-state index in [4.69, 9.17) is 5.73 Å². The van der Waals surface area contributed by atoms with E-state index in [1.165, 1.54) is 4.57 Å². The lowest BCUT2D eigenvalue weighted by Gasteiger charge is -2.09. The molecule has 0 saturated heterocycles.